The molecule has 2 rings (SSSR count). The number of carbonyl (C=O) groups excluding carboxylic acids is 1. The molecule has 9 N–H and O–H groups in total. The third kappa shape index (κ3) is 35.4. The molecule has 12 unspecified atom stereocenters. The number of allylic oxidation sites excluding steroid dienone is 9. The van der Waals surface area contributed by atoms with Crippen LogP contribution >= 0.6 is 0 Å². The molecule has 0 spiro atoms. The lowest BCUT2D eigenvalue weighted by molar-refractivity contribution is -0.359. The molecule has 14 heteroatoms. The topological polar surface area (TPSA) is 228 Å². The highest BCUT2D eigenvalue weighted by Gasteiger charge is 2.51. The van der Waals surface area contributed by atoms with Crippen LogP contribution in [0.1, 0.15) is 251 Å². The summed E-state index contributed by atoms with van der Waals surface area (Å²) in [6.45, 7) is 2.76. The van der Waals surface area contributed by atoms with Crippen molar-refractivity contribution in [3.63, 3.8) is 0 Å². The van der Waals surface area contributed by atoms with Crippen molar-refractivity contribution < 1.29 is 64.6 Å². The van der Waals surface area contributed by atoms with E-state index in [1.54, 1.807) is 6.08 Å². The number of ether oxygens (including phenoxy) is 4. The molecule has 2 aliphatic heterocycles. The van der Waals surface area contributed by atoms with Gasteiger partial charge in [-0.25, -0.2) is 0 Å². The molecule has 0 radical (unpaired) electrons. The number of aliphatic hydroxyl groups is 8. The molecular formula is C65H117NO13. The molecule has 0 aromatic carbocycles. The summed E-state index contributed by atoms with van der Waals surface area (Å²) in [6, 6.07) is -0.945. The Labute approximate surface area is 479 Å². The molecule has 14 nitrogen and oxygen atoms in total. The third-order valence-electron chi connectivity index (χ3n) is 15.4. The Hall–Kier alpha value is -2.31. The second-order valence-corrected chi connectivity index (χ2v) is 22.5. The van der Waals surface area contributed by atoms with Crippen molar-refractivity contribution in [3.05, 3.63) is 60.8 Å². The van der Waals surface area contributed by atoms with Gasteiger partial charge in [-0.3, -0.25) is 4.79 Å². The van der Waals surface area contributed by atoms with Crippen molar-refractivity contribution in [1.29, 1.82) is 0 Å². The number of unbranched alkanes of at least 4 members (excludes halogenated alkanes) is 30. The van der Waals surface area contributed by atoms with Gasteiger partial charge in [-0.05, 0) is 77.0 Å². The summed E-state index contributed by atoms with van der Waals surface area (Å²) in [6.07, 6.45) is 48.4. The molecule has 2 heterocycles. The van der Waals surface area contributed by atoms with Crippen LogP contribution in [-0.2, 0) is 23.7 Å². The molecule has 460 valence electrons. The molecule has 2 aliphatic rings. The van der Waals surface area contributed by atoms with Gasteiger partial charge in [0.1, 0.15) is 48.8 Å². The fraction of sp³-hybridized carbons (Fsp3) is 0.831. The highest BCUT2D eigenvalue weighted by molar-refractivity contribution is 5.76. The Morgan fingerprint density at radius 1 is 0.456 bits per heavy atom. The zero-order valence-corrected chi connectivity index (χ0v) is 49.6. The number of carbonyl (C=O) groups is 1. The Balaban J connectivity index is 1.75. The molecule has 0 aliphatic carbocycles. The van der Waals surface area contributed by atoms with Crippen molar-refractivity contribution in [2.24, 2.45) is 0 Å². The van der Waals surface area contributed by atoms with E-state index < -0.39 is 86.8 Å². The summed E-state index contributed by atoms with van der Waals surface area (Å²) in [5, 5.41) is 87.2. The molecular weight excluding hydrogens is 1000 g/mol. The Morgan fingerprint density at radius 3 is 1.34 bits per heavy atom. The minimum atomic E-state index is -1.80. The third-order valence-corrected chi connectivity index (χ3v) is 15.4. The molecule has 0 aromatic rings. The van der Waals surface area contributed by atoms with E-state index in [1.165, 1.54) is 154 Å². The van der Waals surface area contributed by atoms with E-state index in [2.05, 4.69) is 67.8 Å². The van der Waals surface area contributed by atoms with Gasteiger partial charge in [-0.1, -0.05) is 229 Å². The first kappa shape index (κ1) is 72.8. The average molecular weight is 1120 g/mol. The maximum absolute atomic E-state index is 13.3. The van der Waals surface area contributed by atoms with Crippen molar-refractivity contribution in [3.8, 4) is 0 Å². The fourth-order valence-corrected chi connectivity index (χ4v) is 10.2. The van der Waals surface area contributed by atoms with Crippen LogP contribution in [0.5, 0.6) is 0 Å². The van der Waals surface area contributed by atoms with E-state index in [0.29, 0.717) is 12.8 Å². The average Bonchev–Trinajstić information content (AvgIpc) is 3.47. The quantitative estimate of drug-likeness (QED) is 0.0204. The SMILES string of the molecule is CCCCC/C=C\C/C=C\CCCCCCCCCC(=O)NC(COC1OC(CO)C(OC2OC(CO)C(O)C(O)C2O)C(O)C1O)C(O)/C=C/CC/C=C/CC/C=C/CCCCCCCCCCCCCCCCCCCC. The van der Waals surface area contributed by atoms with Gasteiger partial charge in [0.15, 0.2) is 12.6 Å². The second-order valence-electron chi connectivity index (χ2n) is 22.5. The first-order chi connectivity index (χ1) is 38.6. The maximum Gasteiger partial charge on any atom is 0.220 e. The lowest BCUT2D eigenvalue weighted by Gasteiger charge is -2.46. The zero-order chi connectivity index (χ0) is 57.4. The van der Waals surface area contributed by atoms with E-state index >= 15 is 0 Å². The molecule has 2 saturated heterocycles. The maximum atomic E-state index is 13.3. The van der Waals surface area contributed by atoms with Gasteiger partial charge in [0.05, 0.1) is 32.0 Å². The van der Waals surface area contributed by atoms with Crippen LogP contribution in [0.2, 0.25) is 0 Å². The fourth-order valence-electron chi connectivity index (χ4n) is 10.2. The number of hydrogen-bond donors (Lipinski definition) is 9. The van der Waals surface area contributed by atoms with Crippen LogP contribution in [0, 0.1) is 0 Å². The molecule has 0 bridgehead atoms. The molecule has 2 fully saturated rings. The Kier molecular flexibility index (Phi) is 46.3. The van der Waals surface area contributed by atoms with Gasteiger partial charge in [-0.2, -0.15) is 0 Å². The van der Waals surface area contributed by atoms with E-state index in [1.807, 2.05) is 6.08 Å². The van der Waals surface area contributed by atoms with E-state index in [0.717, 1.165) is 64.2 Å². The predicted octanol–water partition coefficient (Wildman–Crippen LogP) is 11.7. The molecule has 1 amide bonds. The van der Waals surface area contributed by atoms with Gasteiger partial charge in [0.2, 0.25) is 5.91 Å². The van der Waals surface area contributed by atoms with E-state index in [9.17, 15) is 45.6 Å². The number of aliphatic hydroxyl groups excluding tert-OH is 8. The van der Waals surface area contributed by atoms with Crippen molar-refractivity contribution in [1.82, 2.24) is 5.32 Å². The molecule has 12 atom stereocenters. The minimum absolute atomic E-state index is 0.259. The van der Waals surface area contributed by atoms with Crippen LogP contribution < -0.4 is 5.32 Å². The molecule has 79 heavy (non-hydrogen) atoms. The summed E-state index contributed by atoms with van der Waals surface area (Å²) in [4.78, 5) is 13.3. The van der Waals surface area contributed by atoms with Crippen LogP contribution in [0.4, 0.5) is 0 Å². The highest BCUT2D eigenvalue weighted by Crippen LogP contribution is 2.30. The minimum Gasteiger partial charge on any atom is -0.394 e. The number of rotatable bonds is 51. The normalized spacial score (nSPS) is 24.8. The van der Waals surface area contributed by atoms with Gasteiger partial charge in [0.25, 0.3) is 0 Å². The van der Waals surface area contributed by atoms with Crippen molar-refractivity contribution in [2.45, 2.75) is 325 Å². The zero-order valence-electron chi connectivity index (χ0n) is 49.6. The van der Waals surface area contributed by atoms with Crippen molar-refractivity contribution in [2.75, 3.05) is 19.8 Å². The van der Waals surface area contributed by atoms with Crippen LogP contribution in [-0.4, -0.2) is 140 Å². The summed E-state index contributed by atoms with van der Waals surface area (Å²) < 4.78 is 22.8. The summed E-state index contributed by atoms with van der Waals surface area (Å²) in [5.74, 6) is -0.262. The lowest BCUT2D eigenvalue weighted by atomic mass is 9.97. The monoisotopic (exact) mass is 1120 g/mol. The largest absolute Gasteiger partial charge is 0.394 e. The van der Waals surface area contributed by atoms with Gasteiger partial charge in [0, 0.05) is 6.42 Å². The number of hydrogen-bond acceptors (Lipinski definition) is 13. The smallest absolute Gasteiger partial charge is 0.220 e. The summed E-state index contributed by atoms with van der Waals surface area (Å²) in [7, 11) is 0. The van der Waals surface area contributed by atoms with Crippen LogP contribution in [0.25, 0.3) is 0 Å². The van der Waals surface area contributed by atoms with Crippen molar-refractivity contribution >= 4 is 5.91 Å². The van der Waals surface area contributed by atoms with Gasteiger partial charge in [-0.15, -0.1) is 0 Å². The number of amides is 1. The lowest BCUT2D eigenvalue weighted by Crippen LogP contribution is -2.65. The predicted molar refractivity (Wildman–Crippen MR) is 318 cm³/mol. The number of nitrogens with one attached hydrogen (secondary N) is 1. The van der Waals surface area contributed by atoms with Gasteiger partial charge >= 0.3 is 0 Å². The Morgan fingerprint density at radius 2 is 0.848 bits per heavy atom. The van der Waals surface area contributed by atoms with Crippen LogP contribution in [0.15, 0.2) is 60.8 Å². The molecule has 0 saturated carbocycles. The molecule has 0 aromatic heterocycles. The van der Waals surface area contributed by atoms with Crippen LogP contribution in [0.3, 0.4) is 0 Å². The standard InChI is InChI=1S/C65H117NO13/c1-3-5-7-9-11-13-15-17-19-21-22-23-24-25-26-27-28-29-30-31-33-34-36-38-40-42-44-46-48-54(69)53(66-57(70)49-47-45-43-41-39-37-35-32-20-18-16-14-12-10-8-6-4-2)52-76-64-62(75)60(73)63(56(51-68)78-64)79-65-61(74)59(72)58(71)55(50-67)77-65/h12,14,18,20,31,33,38,40,46,48,53-56,58-65,67-69,71-75H,3-11,13,15-17,19,21-30,32,34-37,39,41-45,47,49-52H2,1-2H3,(H,66,70)/b14-12-,20-18-,33-31+,40-38+,48-46+. The highest BCUT2D eigenvalue weighted by atomic mass is 16.7. The first-order valence-corrected chi connectivity index (χ1v) is 32.0. The van der Waals surface area contributed by atoms with Gasteiger partial charge < -0.3 is 65.1 Å². The first-order valence-electron chi connectivity index (χ1n) is 32.0. The summed E-state index contributed by atoms with van der Waals surface area (Å²) in [5.41, 5.74) is 0. The Bertz CT molecular complexity index is 1560. The second kappa shape index (κ2) is 50.2. The van der Waals surface area contributed by atoms with E-state index in [-0.39, 0.29) is 18.9 Å². The van der Waals surface area contributed by atoms with E-state index in [4.69, 9.17) is 18.9 Å². The summed E-state index contributed by atoms with van der Waals surface area (Å²) >= 11 is 0.